The predicted octanol–water partition coefficient (Wildman–Crippen LogP) is 1.66. The van der Waals surface area contributed by atoms with Crippen LogP contribution in [-0.2, 0) is 14.9 Å². The summed E-state index contributed by atoms with van der Waals surface area (Å²) in [6.45, 7) is 0. The third-order valence-corrected chi connectivity index (χ3v) is 5.32. The molecule has 4 rings (SSSR count). The quantitative estimate of drug-likeness (QED) is 0.799. The molecule has 0 radical (unpaired) electrons. The van der Waals surface area contributed by atoms with Crippen LogP contribution in [0.5, 0.6) is 0 Å². The Kier molecular flexibility index (Phi) is 2.24. The first-order chi connectivity index (χ1) is 9.24. The molecule has 0 bridgehead atoms. The number of ether oxygens (including phenoxy) is 1. The Bertz CT molecular complexity index is 654. The number of hydrogen-bond donors (Lipinski definition) is 0. The molecular formula is C12H14N4O2S. The second-order valence-electron chi connectivity index (χ2n) is 5.36. The van der Waals surface area contributed by atoms with Gasteiger partial charge in [0.15, 0.2) is 5.82 Å². The van der Waals surface area contributed by atoms with Crippen molar-refractivity contribution in [3.05, 3.63) is 10.8 Å². The summed E-state index contributed by atoms with van der Waals surface area (Å²) in [6.07, 6.45) is 5.22. The molecule has 0 atom stereocenters. The smallest absolute Gasteiger partial charge is 0.318 e. The van der Waals surface area contributed by atoms with E-state index in [-0.39, 0.29) is 5.97 Å². The van der Waals surface area contributed by atoms with Gasteiger partial charge in [-0.2, -0.15) is 9.61 Å². The Hall–Kier alpha value is -1.50. The number of carbonyl (C=O) groups is 1. The third-order valence-electron chi connectivity index (χ3n) is 4.22. The summed E-state index contributed by atoms with van der Waals surface area (Å²) in [4.78, 5) is 12.7. The molecule has 0 N–H and O–H groups in total. The maximum atomic E-state index is 11.9. The largest absolute Gasteiger partial charge is 0.468 e. The van der Waals surface area contributed by atoms with Crippen LogP contribution in [0.4, 0.5) is 0 Å². The summed E-state index contributed by atoms with van der Waals surface area (Å²) in [5.74, 6) is 1.25. The lowest BCUT2D eigenvalue weighted by atomic mass is 9.85. The van der Waals surface area contributed by atoms with E-state index in [2.05, 4.69) is 15.3 Å². The molecule has 0 spiro atoms. The molecule has 0 aromatic carbocycles. The second kappa shape index (κ2) is 3.75. The molecule has 19 heavy (non-hydrogen) atoms. The number of nitrogens with zero attached hydrogens (tertiary/aromatic N) is 4. The van der Waals surface area contributed by atoms with Crippen LogP contribution in [0.2, 0.25) is 0 Å². The van der Waals surface area contributed by atoms with Crippen LogP contribution >= 0.6 is 11.3 Å². The molecule has 2 fully saturated rings. The molecule has 6 nitrogen and oxygen atoms in total. The molecule has 2 aliphatic rings. The first-order valence-corrected chi connectivity index (χ1v) is 7.37. The molecule has 100 valence electrons. The summed E-state index contributed by atoms with van der Waals surface area (Å²) in [5.41, 5.74) is -0.503. The first-order valence-electron chi connectivity index (χ1n) is 6.56. The van der Waals surface area contributed by atoms with Crippen LogP contribution in [0.3, 0.4) is 0 Å². The summed E-state index contributed by atoms with van der Waals surface area (Å²) in [5, 5.41) is 13.8. The number of methoxy groups -OCH3 is 1. The number of fused-ring (bicyclic) bond motifs is 1. The van der Waals surface area contributed by atoms with Crippen molar-refractivity contribution in [2.75, 3.05) is 7.11 Å². The van der Waals surface area contributed by atoms with Crippen molar-refractivity contribution in [2.45, 2.75) is 43.4 Å². The Balaban J connectivity index is 1.76. The lowest BCUT2D eigenvalue weighted by molar-refractivity contribution is -0.143. The van der Waals surface area contributed by atoms with Gasteiger partial charge in [-0.15, -0.1) is 10.2 Å². The van der Waals surface area contributed by atoms with Crippen molar-refractivity contribution < 1.29 is 9.53 Å². The highest BCUT2D eigenvalue weighted by Crippen LogP contribution is 2.50. The van der Waals surface area contributed by atoms with Gasteiger partial charge in [0.25, 0.3) is 0 Å². The second-order valence-corrected chi connectivity index (χ2v) is 6.32. The number of esters is 1. The van der Waals surface area contributed by atoms with E-state index in [4.69, 9.17) is 4.74 Å². The van der Waals surface area contributed by atoms with E-state index in [0.717, 1.165) is 41.5 Å². The van der Waals surface area contributed by atoms with E-state index in [1.54, 1.807) is 0 Å². The molecular weight excluding hydrogens is 264 g/mol. The summed E-state index contributed by atoms with van der Waals surface area (Å²) < 4.78 is 6.72. The number of aromatic nitrogens is 4. The monoisotopic (exact) mass is 278 g/mol. The molecule has 2 aromatic rings. The van der Waals surface area contributed by atoms with Crippen molar-refractivity contribution in [1.82, 2.24) is 19.8 Å². The van der Waals surface area contributed by atoms with Crippen molar-refractivity contribution in [1.29, 1.82) is 0 Å². The Labute approximate surface area is 113 Å². The highest BCUT2D eigenvalue weighted by atomic mass is 32.1. The zero-order valence-electron chi connectivity index (χ0n) is 10.6. The van der Waals surface area contributed by atoms with Gasteiger partial charge in [-0.05, 0) is 25.7 Å². The molecule has 2 heterocycles. The normalized spacial score (nSPS) is 21.3. The van der Waals surface area contributed by atoms with E-state index < -0.39 is 5.41 Å². The van der Waals surface area contributed by atoms with Crippen LogP contribution in [0.15, 0.2) is 0 Å². The van der Waals surface area contributed by atoms with Gasteiger partial charge < -0.3 is 4.74 Å². The molecule has 2 aliphatic carbocycles. The van der Waals surface area contributed by atoms with Gasteiger partial charge in [0, 0.05) is 5.92 Å². The molecule has 7 heteroatoms. The van der Waals surface area contributed by atoms with Crippen molar-refractivity contribution in [2.24, 2.45) is 0 Å². The van der Waals surface area contributed by atoms with Crippen LogP contribution < -0.4 is 0 Å². The Morgan fingerprint density at radius 1 is 1.42 bits per heavy atom. The van der Waals surface area contributed by atoms with Crippen molar-refractivity contribution in [3.63, 3.8) is 0 Å². The lowest BCUT2D eigenvalue weighted by Crippen LogP contribution is -2.22. The molecule has 0 unspecified atom stereocenters. The lowest BCUT2D eigenvalue weighted by Gasteiger charge is -2.22. The first kappa shape index (κ1) is 11.3. The van der Waals surface area contributed by atoms with Crippen molar-refractivity contribution in [3.8, 4) is 0 Å². The zero-order valence-corrected chi connectivity index (χ0v) is 11.4. The molecule has 2 aromatic heterocycles. The Morgan fingerprint density at radius 2 is 2.21 bits per heavy atom. The molecule has 2 saturated carbocycles. The summed E-state index contributed by atoms with van der Waals surface area (Å²) >= 11 is 1.46. The van der Waals surface area contributed by atoms with Gasteiger partial charge in [-0.3, -0.25) is 4.79 Å². The number of rotatable bonds is 3. The Morgan fingerprint density at radius 3 is 2.79 bits per heavy atom. The van der Waals surface area contributed by atoms with Crippen molar-refractivity contribution >= 4 is 22.3 Å². The van der Waals surface area contributed by atoms with E-state index in [0.29, 0.717) is 5.92 Å². The SMILES string of the molecule is COC(=O)C1(c2nn3c(C4CCC4)nnc3s2)CC1. The molecule has 0 amide bonds. The fourth-order valence-corrected chi connectivity index (χ4v) is 3.65. The summed E-state index contributed by atoms with van der Waals surface area (Å²) in [7, 11) is 1.43. The third kappa shape index (κ3) is 1.47. The van der Waals surface area contributed by atoms with E-state index in [1.807, 2.05) is 4.52 Å². The molecule has 0 aliphatic heterocycles. The van der Waals surface area contributed by atoms with Crippen LogP contribution in [0, 0.1) is 0 Å². The van der Waals surface area contributed by atoms with E-state index in [1.165, 1.54) is 24.9 Å². The maximum absolute atomic E-state index is 11.9. The van der Waals surface area contributed by atoms with Gasteiger partial charge in [-0.25, -0.2) is 0 Å². The van der Waals surface area contributed by atoms with Gasteiger partial charge in [-0.1, -0.05) is 17.8 Å². The molecule has 0 saturated heterocycles. The highest BCUT2D eigenvalue weighted by Gasteiger charge is 2.55. The van der Waals surface area contributed by atoms with Gasteiger partial charge >= 0.3 is 5.97 Å². The fraction of sp³-hybridized carbons (Fsp3) is 0.667. The standard InChI is InChI=1S/C12H14N4O2S/c1-18-10(17)12(5-6-12)9-15-16-8(7-3-2-4-7)13-14-11(16)19-9/h7H,2-6H2,1H3. The average Bonchev–Trinajstić information content (AvgIpc) is 2.92. The average molecular weight is 278 g/mol. The zero-order chi connectivity index (χ0) is 13.0. The van der Waals surface area contributed by atoms with E-state index >= 15 is 0 Å². The minimum atomic E-state index is -0.503. The highest BCUT2D eigenvalue weighted by molar-refractivity contribution is 7.17. The minimum absolute atomic E-state index is 0.178. The van der Waals surface area contributed by atoms with Crippen LogP contribution in [-0.4, -0.2) is 32.9 Å². The maximum Gasteiger partial charge on any atom is 0.318 e. The van der Waals surface area contributed by atoms with Gasteiger partial charge in [0.05, 0.1) is 7.11 Å². The fourth-order valence-electron chi connectivity index (χ4n) is 2.57. The summed E-state index contributed by atoms with van der Waals surface area (Å²) in [6, 6.07) is 0. The number of hydrogen-bond acceptors (Lipinski definition) is 6. The topological polar surface area (TPSA) is 69.4 Å². The minimum Gasteiger partial charge on any atom is -0.468 e. The van der Waals surface area contributed by atoms with Gasteiger partial charge in [0.2, 0.25) is 4.96 Å². The van der Waals surface area contributed by atoms with Crippen LogP contribution in [0.25, 0.3) is 4.96 Å². The van der Waals surface area contributed by atoms with Gasteiger partial charge in [0.1, 0.15) is 10.4 Å². The number of carbonyl (C=O) groups excluding carboxylic acids is 1. The van der Waals surface area contributed by atoms with Crippen LogP contribution in [0.1, 0.15) is 48.9 Å². The predicted molar refractivity (Wildman–Crippen MR) is 68.2 cm³/mol. The van der Waals surface area contributed by atoms with E-state index in [9.17, 15) is 4.79 Å².